The average molecular weight is 641 g/mol. The highest BCUT2D eigenvalue weighted by molar-refractivity contribution is 7.45. The number of ether oxygens (including phenoxy) is 2. The van der Waals surface area contributed by atoms with Crippen LogP contribution >= 0.6 is 8.53 Å². The van der Waals surface area contributed by atoms with Crippen molar-refractivity contribution in [3.8, 4) is 5.75 Å². The van der Waals surface area contributed by atoms with Crippen molar-refractivity contribution >= 4 is 42.4 Å². The number of benzene rings is 2. The van der Waals surface area contributed by atoms with Crippen molar-refractivity contribution in [2.75, 3.05) is 25.8 Å². The van der Waals surface area contributed by atoms with Crippen LogP contribution in [0.4, 0.5) is 19.1 Å². The lowest BCUT2D eigenvalue weighted by atomic mass is 10.1. The largest absolute Gasteiger partial charge is 0.462 e. The Morgan fingerprint density at radius 1 is 1.23 bits per heavy atom. The lowest BCUT2D eigenvalue weighted by molar-refractivity contribution is -0.145. The van der Waals surface area contributed by atoms with Gasteiger partial charge in [0.1, 0.15) is 18.5 Å². The minimum absolute atomic E-state index is 0.0226. The normalized spacial score (nSPS) is 18.3. The molecule has 0 radical (unpaired) electrons. The van der Waals surface area contributed by atoms with Gasteiger partial charge in [-0.25, -0.2) is 23.2 Å². The summed E-state index contributed by atoms with van der Waals surface area (Å²) in [5, 5.41) is 4.98. The summed E-state index contributed by atoms with van der Waals surface area (Å²) in [6.07, 6.45) is -2.07. The van der Waals surface area contributed by atoms with Crippen molar-refractivity contribution in [3.05, 3.63) is 59.1 Å². The minimum Gasteiger partial charge on any atom is -0.462 e. The summed E-state index contributed by atoms with van der Waals surface area (Å²) in [6, 6.07) is 13.4. The zero-order chi connectivity index (χ0) is 32.2. The highest BCUT2D eigenvalue weighted by Crippen LogP contribution is 2.39. The molecule has 0 saturated carbocycles. The monoisotopic (exact) mass is 640 g/mol. The number of nitrogens with two attached hydrogens (primary N) is 1. The second-order valence-electron chi connectivity index (χ2n) is 9.30. The quantitative estimate of drug-likeness (QED) is 0.155. The number of imidazole rings is 1. The van der Waals surface area contributed by atoms with Gasteiger partial charge in [-0.3, -0.25) is 19.1 Å². The number of aromatic amines is 1. The summed E-state index contributed by atoms with van der Waals surface area (Å²) in [7, 11) is -1.82. The molecule has 12 nitrogen and oxygen atoms in total. The molecule has 240 valence electrons. The number of hydrogen-bond acceptors (Lipinski definition) is 10. The van der Waals surface area contributed by atoms with E-state index in [2.05, 4.69) is 20.0 Å². The molecule has 44 heavy (non-hydrogen) atoms. The van der Waals surface area contributed by atoms with Crippen LogP contribution < -0.4 is 20.9 Å². The first-order valence-corrected chi connectivity index (χ1v) is 15.0. The topological polar surface area (TPSA) is 156 Å². The number of carbonyl (C=O) groups is 1. The first kappa shape index (κ1) is 34.7. The van der Waals surface area contributed by atoms with Crippen LogP contribution in [-0.2, 0) is 18.8 Å². The standard InChI is InChI=1S/C25H28FN6O6P.C2H6.CH2F2/c1-14(2)36-20(33)11-29-39(38-17-8-7-15-5-3-4-6-16(15)9-17)35-12-18-10-19(26)24(37-18)32-13-28-21-22(32)30-25(27)31-23(21)34;1-2;2-1-3/h3-9,13-14,18-19,24,29H,10-12H2,1-2H3,(H3,27,30,31,34);1-2H3;1H2. The number of halogens is 3. The number of aromatic nitrogens is 4. The number of carbonyl (C=O) groups excluding carboxylic acids is 1. The lowest BCUT2D eigenvalue weighted by Gasteiger charge is -2.21. The first-order chi connectivity index (χ1) is 21.2. The molecule has 2 aromatic heterocycles. The van der Waals surface area contributed by atoms with E-state index in [4.69, 9.17) is 24.3 Å². The predicted octanol–water partition coefficient (Wildman–Crippen LogP) is 5.25. The van der Waals surface area contributed by atoms with E-state index in [9.17, 15) is 18.4 Å². The Kier molecular flexibility index (Phi) is 13.3. The Morgan fingerprint density at radius 3 is 2.64 bits per heavy atom. The second kappa shape index (κ2) is 16.9. The van der Waals surface area contributed by atoms with Crippen LogP contribution in [0.25, 0.3) is 21.9 Å². The number of esters is 1. The number of H-pyrrole nitrogens is 1. The molecule has 1 aliphatic heterocycles. The number of nitrogens with one attached hydrogen (secondary N) is 2. The Bertz CT molecular complexity index is 1560. The van der Waals surface area contributed by atoms with Crippen molar-refractivity contribution < 1.29 is 36.5 Å². The van der Waals surface area contributed by atoms with Crippen LogP contribution in [0.1, 0.15) is 40.3 Å². The van der Waals surface area contributed by atoms with Crippen molar-refractivity contribution in [1.29, 1.82) is 0 Å². The molecule has 0 spiro atoms. The van der Waals surface area contributed by atoms with E-state index in [1.165, 1.54) is 10.9 Å². The van der Waals surface area contributed by atoms with Gasteiger partial charge in [-0.2, -0.15) is 4.98 Å². The summed E-state index contributed by atoms with van der Waals surface area (Å²) < 4.78 is 58.7. The molecule has 5 rings (SSSR count). The van der Waals surface area contributed by atoms with Gasteiger partial charge in [0.05, 0.1) is 25.1 Å². The van der Waals surface area contributed by atoms with Gasteiger partial charge < -0.3 is 24.3 Å². The van der Waals surface area contributed by atoms with E-state index in [0.29, 0.717) is 5.75 Å². The van der Waals surface area contributed by atoms with Crippen molar-refractivity contribution in [1.82, 2.24) is 24.6 Å². The number of nitrogens with zero attached hydrogens (tertiary/aromatic N) is 3. The van der Waals surface area contributed by atoms with Gasteiger partial charge >= 0.3 is 14.5 Å². The van der Waals surface area contributed by atoms with E-state index < -0.39 is 45.5 Å². The number of anilines is 1. The summed E-state index contributed by atoms with van der Waals surface area (Å²) in [5.74, 6) is -0.0315. The molecule has 4 unspecified atom stereocenters. The maximum absolute atomic E-state index is 15.0. The number of alkyl halides is 3. The van der Waals surface area contributed by atoms with Crippen LogP contribution in [0.2, 0.25) is 0 Å². The zero-order valence-corrected chi connectivity index (χ0v) is 25.6. The molecule has 16 heteroatoms. The van der Waals surface area contributed by atoms with Crippen molar-refractivity contribution in [3.63, 3.8) is 0 Å². The lowest BCUT2D eigenvalue weighted by Crippen LogP contribution is -2.26. The van der Waals surface area contributed by atoms with E-state index >= 15 is 4.39 Å². The highest BCUT2D eigenvalue weighted by Gasteiger charge is 2.38. The summed E-state index contributed by atoms with van der Waals surface area (Å²) >= 11 is 0. The summed E-state index contributed by atoms with van der Waals surface area (Å²) in [6.45, 7) is 5.60. The SMILES string of the molecule is CC.CC(C)OC(=O)CNP(OCC1CC(F)C(n2cnc3c(=O)[nH]c(N)nc32)O1)Oc1ccc2ccccc2c1.FCF. The average Bonchev–Trinajstić information content (AvgIpc) is 3.58. The molecule has 4 aromatic rings. The Labute approximate surface area is 253 Å². The van der Waals surface area contributed by atoms with Gasteiger partial charge in [-0.1, -0.05) is 44.2 Å². The van der Waals surface area contributed by atoms with Gasteiger partial charge in [0.15, 0.2) is 17.4 Å². The molecule has 0 amide bonds. The third kappa shape index (κ3) is 9.36. The van der Waals surface area contributed by atoms with E-state index in [-0.39, 0.29) is 42.8 Å². The fourth-order valence-electron chi connectivity index (χ4n) is 4.19. The molecule has 1 aliphatic rings. The van der Waals surface area contributed by atoms with Gasteiger partial charge in [-0.15, -0.1) is 0 Å². The minimum atomic E-state index is -1.82. The Morgan fingerprint density at radius 2 is 1.93 bits per heavy atom. The number of rotatable bonds is 10. The molecular weight excluding hydrogens is 604 g/mol. The summed E-state index contributed by atoms with van der Waals surface area (Å²) in [4.78, 5) is 34.7. The van der Waals surface area contributed by atoms with Gasteiger partial charge in [0.25, 0.3) is 5.56 Å². The van der Waals surface area contributed by atoms with Crippen LogP contribution in [0.15, 0.2) is 53.6 Å². The molecule has 4 N–H and O–H groups in total. The number of hydrogen-bond donors (Lipinski definition) is 3. The molecule has 1 saturated heterocycles. The van der Waals surface area contributed by atoms with Gasteiger partial charge in [0, 0.05) is 6.42 Å². The molecule has 0 aliphatic carbocycles. The summed E-state index contributed by atoms with van der Waals surface area (Å²) in [5.41, 5.74) is 5.28. The first-order valence-electron chi connectivity index (χ1n) is 13.8. The zero-order valence-electron chi connectivity index (χ0n) is 24.7. The Hall–Kier alpha value is -3.78. The Balaban J connectivity index is 0.000000997. The van der Waals surface area contributed by atoms with Crippen molar-refractivity contribution in [2.24, 2.45) is 0 Å². The fourth-order valence-corrected chi connectivity index (χ4v) is 5.26. The van der Waals surface area contributed by atoms with E-state index in [0.717, 1.165) is 10.8 Å². The van der Waals surface area contributed by atoms with E-state index in [1.807, 2.05) is 50.2 Å². The predicted molar refractivity (Wildman–Crippen MR) is 161 cm³/mol. The van der Waals surface area contributed by atoms with Crippen LogP contribution in [0.5, 0.6) is 5.75 Å². The highest BCUT2D eigenvalue weighted by atomic mass is 31.2. The van der Waals surface area contributed by atoms with Gasteiger partial charge in [0.2, 0.25) is 12.9 Å². The third-order valence-corrected chi connectivity index (χ3v) is 7.04. The number of fused-ring (bicyclic) bond motifs is 2. The molecule has 1 fully saturated rings. The van der Waals surface area contributed by atoms with Gasteiger partial charge in [-0.05, 0) is 36.8 Å². The van der Waals surface area contributed by atoms with Crippen LogP contribution in [-0.4, -0.2) is 63.9 Å². The molecular formula is C28H36F3N6O6P. The molecule has 4 atom stereocenters. The molecule has 0 bridgehead atoms. The second-order valence-corrected chi connectivity index (χ2v) is 10.6. The van der Waals surface area contributed by atoms with Crippen molar-refractivity contribution in [2.45, 2.75) is 58.7 Å². The van der Waals surface area contributed by atoms with Crippen LogP contribution in [0.3, 0.4) is 0 Å². The van der Waals surface area contributed by atoms with E-state index in [1.54, 1.807) is 19.9 Å². The fraction of sp³-hybridized carbons (Fsp3) is 0.429. The third-order valence-electron chi connectivity index (χ3n) is 5.86. The molecule has 2 aromatic carbocycles. The maximum Gasteiger partial charge on any atom is 0.320 e. The van der Waals surface area contributed by atoms with Crippen LogP contribution in [0, 0.1) is 0 Å². The molecule has 3 heterocycles. The maximum atomic E-state index is 15.0. The smallest absolute Gasteiger partial charge is 0.320 e. The number of nitrogen functional groups attached to an aromatic ring is 1.